The smallest absolute Gasteiger partial charge is 0.262 e. The number of ether oxygens (including phenoxy) is 1. The molecular weight excluding hydrogens is 271 g/mol. The Bertz CT molecular complexity index is 629. The summed E-state index contributed by atoms with van der Waals surface area (Å²) in [5.74, 6) is -0.357. The van der Waals surface area contributed by atoms with Crippen molar-refractivity contribution in [2.45, 2.75) is 13.0 Å². The molecule has 0 unspecified atom stereocenters. The fourth-order valence-electron chi connectivity index (χ4n) is 1.79. The van der Waals surface area contributed by atoms with Crippen LogP contribution in [-0.4, -0.2) is 12.5 Å². The second-order valence-electron chi connectivity index (χ2n) is 4.68. The molecule has 4 nitrogen and oxygen atoms in total. The summed E-state index contributed by atoms with van der Waals surface area (Å²) >= 11 is 0. The second-order valence-corrected chi connectivity index (χ2v) is 4.68. The van der Waals surface area contributed by atoms with Crippen LogP contribution in [0.15, 0.2) is 48.5 Å². The van der Waals surface area contributed by atoms with Crippen LogP contribution in [0.3, 0.4) is 0 Å². The Kier molecular flexibility index (Phi) is 4.90. The van der Waals surface area contributed by atoms with E-state index in [1.165, 1.54) is 12.1 Å². The van der Waals surface area contributed by atoms with Gasteiger partial charge >= 0.3 is 0 Å². The first-order chi connectivity index (χ1) is 10.1. The minimum Gasteiger partial charge on any atom is -0.484 e. The maximum Gasteiger partial charge on any atom is 0.262 e. The van der Waals surface area contributed by atoms with E-state index < -0.39 is 11.7 Å². The van der Waals surface area contributed by atoms with Crippen molar-refractivity contribution in [2.75, 3.05) is 11.9 Å². The Balaban J connectivity index is 1.92. The third-order valence-corrected chi connectivity index (χ3v) is 2.90. The van der Waals surface area contributed by atoms with Gasteiger partial charge in [-0.3, -0.25) is 4.79 Å². The number of amides is 1. The van der Waals surface area contributed by atoms with Gasteiger partial charge in [0.2, 0.25) is 0 Å². The molecule has 0 bridgehead atoms. The van der Waals surface area contributed by atoms with Crippen LogP contribution in [0.5, 0.6) is 5.75 Å². The number of anilines is 1. The van der Waals surface area contributed by atoms with Gasteiger partial charge in [-0.05, 0) is 36.8 Å². The Labute approximate surface area is 122 Å². The number of nitrogens with one attached hydrogen (secondary N) is 1. The number of carbonyl (C=O) groups is 1. The lowest BCUT2D eigenvalue weighted by Gasteiger charge is -2.10. The molecule has 2 aromatic rings. The molecule has 0 aliphatic rings. The van der Waals surface area contributed by atoms with E-state index in [-0.39, 0.29) is 18.3 Å². The lowest BCUT2D eigenvalue weighted by Crippen LogP contribution is -2.20. The van der Waals surface area contributed by atoms with Crippen LogP contribution in [-0.2, 0) is 4.79 Å². The average Bonchev–Trinajstić information content (AvgIpc) is 2.48. The number of benzene rings is 2. The average molecular weight is 288 g/mol. The highest BCUT2D eigenvalue weighted by atomic mass is 19.1. The van der Waals surface area contributed by atoms with Crippen LogP contribution in [0.4, 0.5) is 10.1 Å². The van der Waals surface area contributed by atoms with Crippen LogP contribution in [0.1, 0.15) is 18.5 Å². The molecule has 2 rings (SSSR count). The monoisotopic (exact) mass is 288 g/mol. The second kappa shape index (κ2) is 6.85. The summed E-state index contributed by atoms with van der Waals surface area (Å²) in [5, 5.41) is 2.45. The summed E-state index contributed by atoms with van der Waals surface area (Å²) in [7, 11) is 0. The zero-order valence-corrected chi connectivity index (χ0v) is 11.7. The summed E-state index contributed by atoms with van der Waals surface area (Å²) in [4.78, 5) is 11.7. The largest absolute Gasteiger partial charge is 0.484 e. The van der Waals surface area contributed by atoms with Gasteiger partial charge in [-0.2, -0.15) is 0 Å². The molecule has 2 aromatic carbocycles. The Hall–Kier alpha value is -2.40. The number of nitrogens with two attached hydrogens (primary N) is 1. The van der Waals surface area contributed by atoms with E-state index >= 15 is 0 Å². The number of para-hydroxylation sites is 1. The predicted octanol–water partition coefficient (Wildman–Crippen LogP) is 2.86. The molecule has 0 heterocycles. The van der Waals surface area contributed by atoms with Crippen molar-refractivity contribution in [3.8, 4) is 5.75 Å². The van der Waals surface area contributed by atoms with E-state index in [2.05, 4.69) is 5.32 Å². The summed E-state index contributed by atoms with van der Waals surface area (Å²) in [5.41, 5.74) is 6.83. The fourth-order valence-corrected chi connectivity index (χ4v) is 1.79. The van der Waals surface area contributed by atoms with E-state index in [4.69, 9.17) is 10.5 Å². The maximum absolute atomic E-state index is 13.4. The molecular formula is C16H17FN2O2. The van der Waals surface area contributed by atoms with Crippen molar-refractivity contribution in [1.29, 1.82) is 0 Å². The summed E-state index contributed by atoms with van der Waals surface area (Å²) in [6.07, 6.45) is 0. The third-order valence-electron chi connectivity index (χ3n) is 2.90. The van der Waals surface area contributed by atoms with Gasteiger partial charge in [-0.15, -0.1) is 0 Å². The minimum atomic E-state index is -0.482. The highest BCUT2D eigenvalue weighted by molar-refractivity contribution is 5.91. The normalized spacial score (nSPS) is 11.8. The van der Waals surface area contributed by atoms with Gasteiger partial charge in [0.05, 0.1) is 5.69 Å². The summed E-state index contributed by atoms with van der Waals surface area (Å²) < 4.78 is 18.8. The molecule has 5 heteroatoms. The molecule has 0 fully saturated rings. The Morgan fingerprint density at radius 3 is 2.76 bits per heavy atom. The van der Waals surface area contributed by atoms with Crippen LogP contribution < -0.4 is 15.8 Å². The van der Waals surface area contributed by atoms with Gasteiger partial charge in [-0.1, -0.05) is 24.3 Å². The van der Waals surface area contributed by atoms with Crippen molar-refractivity contribution in [3.63, 3.8) is 0 Å². The summed E-state index contributed by atoms with van der Waals surface area (Å²) in [6, 6.07) is 13.1. The molecule has 1 atom stereocenters. The SMILES string of the molecule is C[C@H](N)c1cccc(OCC(=O)Nc2ccccc2F)c1. The van der Waals surface area contributed by atoms with Crippen molar-refractivity contribution in [3.05, 3.63) is 59.9 Å². The van der Waals surface area contributed by atoms with E-state index in [9.17, 15) is 9.18 Å². The highest BCUT2D eigenvalue weighted by Crippen LogP contribution is 2.18. The summed E-state index contributed by atoms with van der Waals surface area (Å²) in [6.45, 7) is 1.67. The van der Waals surface area contributed by atoms with Gasteiger partial charge in [0.15, 0.2) is 6.61 Å². The van der Waals surface area contributed by atoms with Crippen LogP contribution >= 0.6 is 0 Å². The number of carbonyl (C=O) groups excluding carboxylic acids is 1. The third kappa shape index (κ3) is 4.29. The van der Waals surface area contributed by atoms with Gasteiger partial charge in [0.25, 0.3) is 5.91 Å². The first-order valence-electron chi connectivity index (χ1n) is 6.59. The fraction of sp³-hybridized carbons (Fsp3) is 0.188. The van der Waals surface area contributed by atoms with Gasteiger partial charge in [0, 0.05) is 6.04 Å². The maximum atomic E-state index is 13.4. The molecule has 0 saturated heterocycles. The molecule has 21 heavy (non-hydrogen) atoms. The van der Waals surface area contributed by atoms with Crippen LogP contribution in [0, 0.1) is 5.82 Å². The zero-order chi connectivity index (χ0) is 15.2. The van der Waals surface area contributed by atoms with Gasteiger partial charge in [-0.25, -0.2) is 4.39 Å². The van der Waals surface area contributed by atoms with Gasteiger partial charge < -0.3 is 15.8 Å². The molecule has 0 aliphatic heterocycles. The van der Waals surface area contributed by atoms with Crippen molar-refractivity contribution in [1.82, 2.24) is 0 Å². The molecule has 0 spiro atoms. The zero-order valence-electron chi connectivity index (χ0n) is 11.7. The van der Waals surface area contributed by atoms with Crippen molar-refractivity contribution < 1.29 is 13.9 Å². The standard InChI is InChI=1S/C16H17FN2O2/c1-11(18)12-5-4-6-13(9-12)21-10-16(20)19-15-8-3-2-7-14(15)17/h2-9,11H,10,18H2,1H3,(H,19,20)/t11-/m0/s1. The van der Waals surface area contributed by atoms with E-state index in [1.54, 1.807) is 24.3 Å². The molecule has 0 aliphatic carbocycles. The highest BCUT2D eigenvalue weighted by Gasteiger charge is 2.08. The molecule has 3 N–H and O–H groups in total. The topological polar surface area (TPSA) is 64.3 Å². The molecule has 1 amide bonds. The molecule has 0 aromatic heterocycles. The number of hydrogen-bond donors (Lipinski definition) is 2. The lowest BCUT2D eigenvalue weighted by atomic mass is 10.1. The van der Waals surface area contributed by atoms with E-state index in [0.29, 0.717) is 5.75 Å². The molecule has 0 saturated carbocycles. The van der Waals surface area contributed by atoms with Crippen LogP contribution in [0.25, 0.3) is 0 Å². The van der Waals surface area contributed by atoms with Gasteiger partial charge in [0.1, 0.15) is 11.6 Å². The quantitative estimate of drug-likeness (QED) is 0.889. The molecule has 0 radical (unpaired) electrons. The number of halogens is 1. The predicted molar refractivity (Wildman–Crippen MR) is 79.6 cm³/mol. The number of hydrogen-bond acceptors (Lipinski definition) is 3. The number of rotatable bonds is 5. The van der Waals surface area contributed by atoms with E-state index in [0.717, 1.165) is 5.56 Å². The Morgan fingerprint density at radius 1 is 1.29 bits per heavy atom. The van der Waals surface area contributed by atoms with Crippen LogP contribution in [0.2, 0.25) is 0 Å². The minimum absolute atomic E-state index is 0.110. The first-order valence-corrected chi connectivity index (χ1v) is 6.59. The Morgan fingerprint density at radius 2 is 2.05 bits per heavy atom. The first kappa shape index (κ1) is 15.0. The van der Waals surface area contributed by atoms with E-state index in [1.807, 2.05) is 19.1 Å². The lowest BCUT2D eigenvalue weighted by molar-refractivity contribution is -0.118. The van der Waals surface area contributed by atoms with Crippen molar-refractivity contribution in [2.24, 2.45) is 5.73 Å². The van der Waals surface area contributed by atoms with Crippen molar-refractivity contribution >= 4 is 11.6 Å². The molecule has 110 valence electrons.